The first-order valence-electron chi connectivity index (χ1n) is 7.42. The minimum atomic E-state index is 0.0467. The van der Waals surface area contributed by atoms with Crippen LogP contribution in [0.25, 0.3) is 0 Å². The van der Waals surface area contributed by atoms with Gasteiger partial charge in [0.2, 0.25) is 0 Å². The van der Waals surface area contributed by atoms with Crippen LogP contribution in [0.15, 0.2) is 53.4 Å². The summed E-state index contributed by atoms with van der Waals surface area (Å²) in [6.07, 6.45) is 2.82. The van der Waals surface area contributed by atoms with Crippen molar-refractivity contribution in [2.24, 2.45) is 5.73 Å². The van der Waals surface area contributed by atoms with Gasteiger partial charge in [0.15, 0.2) is 0 Å². The van der Waals surface area contributed by atoms with E-state index in [4.69, 9.17) is 10.5 Å². The molecule has 1 aliphatic carbocycles. The van der Waals surface area contributed by atoms with Gasteiger partial charge in [-0.25, -0.2) is 0 Å². The second kappa shape index (κ2) is 6.54. The van der Waals surface area contributed by atoms with Gasteiger partial charge >= 0.3 is 0 Å². The molecule has 0 bridgehead atoms. The molecule has 0 heterocycles. The molecule has 110 valence electrons. The molecule has 3 heteroatoms. The van der Waals surface area contributed by atoms with Crippen molar-refractivity contribution in [1.82, 2.24) is 0 Å². The lowest BCUT2D eigenvalue weighted by atomic mass is 10.1. The second-order valence-electron chi connectivity index (χ2n) is 5.62. The first-order valence-corrected chi connectivity index (χ1v) is 8.41. The van der Waals surface area contributed by atoms with E-state index in [0.717, 1.165) is 11.5 Å². The predicted octanol–water partition coefficient (Wildman–Crippen LogP) is 4.33. The van der Waals surface area contributed by atoms with Crippen molar-refractivity contribution in [2.75, 3.05) is 5.75 Å². The maximum absolute atomic E-state index is 6.28. The third-order valence-corrected chi connectivity index (χ3v) is 4.67. The minimum absolute atomic E-state index is 0.0467. The van der Waals surface area contributed by atoms with E-state index in [1.165, 1.54) is 28.9 Å². The number of hydrogen-bond acceptors (Lipinski definition) is 3. The molecular formula is C18H21NOS. The van der Waals surface area contributed by atoms with Crippen LogP contribution in [0, 0.1) is 6.92 Å². The number of ether oxygens (including phenoxy) is 1. The molecule has 2 N–H and O–H groups in total. The highest BCUT2D eigenvalue weighted by atomic mass is 32.2. The molecule has 1 saturated carbocycles. The van der Waals surface area contributed by atoms with E-state index in [9.17, 15) is 0 Å². The average molecular weight is 299 g/mol. The Morgan fingerprint density at radius 3 is 2.62 bits per heavy atom. The van der Waals surface area contributed by atoms with E-state index < -0.39 is 0 Å². The Morgan fingerprint density at radius 1 is 1.19 bits per heavy atom. The van der Waals surface area contributed by atoms with Crippen LogP contribution in [0.4, 0.5) is 0 Å². The van der Waals surface area contributed by atoms with Crippen LogP contribution < -0.4 is 10.5 Å². The van der Waals surface area contributed by atoms with Crippen molar-refractivity contribution in [3.8, 4) is 5.75 Å². The average Bonchev–Trinajstić information content (AvgIpc) is 3.30. The SMILES string of the molecule is Cc1cccc(SCC(N)c2ccc(OC3CC3)cc2)c1. The van der Waals surface area contributed by atoms with Gasteiger partial charge < -0.3 is 10.5 Å². The molecule has 0 spiro atoms. The molecule has 2 aromatic rings. The summed E-state index contributed by atoms with van der Waals surface area (Å²) in [7, 11) is 0. The van der Waals surface area contributed by atoms with Crippen molar-refractivity contribution >= 4 is 11.8 Å². The van der Waals surface area contributed by atoms with E-state index in [1.807, 2.05) is 12.1 Å². The topological polar surface area (TPSA) is 35.2 Å². The van der Waals surface area contributed by atoms with Gasteiger partial charge in [-0.05, 0) is 49.6 Å². The van der Waals surface area contributed by atoms with Crippen LogP contribution in [0.1, 0.15) is 30.0 Å². The van der Waals surface area contributed by atoms with E-state index in [-0.39, 0.29) is 6.04 Å². The Morgan fingerprint density at radius 2 is 1.95 bits per heavy atom. The molecule has 2 aromatic carbocycles. The highest BCUT2D eigenvalue weighted by Crippen LogP contribution is 2.28. The molecule has 3 rings (SSSR count). The summed E-state index contributed by atoms with van der Waals surface area (Å²) >= 11 is 1.81. The summed E-state index contributed by atoms with van der Waals surface area (Å²) in [5.41, 5.74) is 8.74. The van der Waals surface area contributed by atoms with Crippen LogP contribution in [-0.4, -0.2) is 11.9 Å². The van der Waals surface area contributed by atoms with Crippen molar-refractivity contribution in [1.29, 1.82) is 0 Å². The summed E-state index contributed by atoms with van der Waals surface area (Å²) in [6, 6.07) is 16.8. The zero-order chi connectivity index (χ0) is 14.7. The van der Waals surface area contributed by atoms with Crippen LogP contribution in [-0.2, 0) is 0 Å². The molecular weight excluding hydrogens is 278 g/mol. The Kier molecular flexibility index (Phi) is 4.51. The molecule has 1 fully saturated rings. The third-order valence-electron chi connectivity index (χ3n) is 3.55. The molecule has 0 amide bonds. The molecule has 2 nitrogen and oxygen atoms in total. The van der Waals surface area contributed by atoms with Crippen LogP contribution in [0.5, 0.6) is 5.75 Å². The number of aryl methyl sites for hydroxylation is 1. The van der Waals surface area contributed by atoms with Crippen molar-refractivity contribution in [3.05, 3.63) is 59.7 Å². The third kappa shape index (κ3) is 4.26. The smallest absolute Gasteiger partial charge is 0.119 e. The van der Waals surface area contributed by atoms with Crippen LogP contribution in [0.3, 0.4) is 0 Å². The normalized spacial score (nSPS) is 15.7. The molecule has 0 saturated heterocycles. The van der Waals surface area contributed by atoms with E-state index in [1.54, 1.807) is 11.8 Å². The molecule has 1 atom stereocenters. The molecule has 0 aliphatic heterocycles. The number of rotatable bonds is 6. The zero-order valence-electron chi connectivity index (χ0n) is 12.3. The fourth-order valence-corrected chi connectivity index (χ4v) is 3.17. The first kappa shape index (κ1) is 14.5. The van der Waals surface area contributed by atoms with Crippen LogP contribution in [0.2, 0.25) is 0 Å². The number of hydrogen-bond donors (Lipinski definition) is 1. The van der Waals surface area contributed by atoms with Gasteiger partial charge in [-0.15, -0.1) is 11.8 Å². The van der Waals surface area contributed by atoms with Gasteiger partial charge in [-0.2, -0.15) is 0 Å². The van der Waals surface area contributed by atoms with Crippen molar-refractivity contribution in [3.63, 3.8) is 0 Å². The Bertz CT molecular complexity index is 592. The largest absolute Gasteiger partial charge is 0.490 e. The van der Waals surface area contributed by atoms with Gasteiger partial charge in [0.05, 0.1) is 6.10 Å². The number of nitrogens with two attached hydrogens (primary N) is 1. The van der Waals surface area contributed by atoms with Gasteiger partial charge in [0, 0.05) is 16.7 Å². The lowest BCUT2D eigenvalue weighted by Crippen LogP contribution is -2.12. The Labute approximate surface area is 130 Å². The molecule has 1 unspecified atom stereocenters. The summed E-state index contributed by atoms with van der Waals surface area (Å²) in [5.74, 6) is 1.84. The summed E-state index contributed by atoms with van der Waals surface area (Å²) < 4.78 is 5.76. The van der Waals surface area contributed by atoms with Crippen LogP contribution >= 0.6 is 11.8 Å². The standard InChI is InChI=1S/C18H21NOS/c1-13-3-2-4-17(11-13)21-12-18(19)14-5-7-15(8-6-14)20-16-9-10-16/h2-8,11,16,18H,9-10,12,19H2,1H3. The fourth-order valence-electron chi connectivity index (χ4n) is 2.16. The quantitative estimate of drug-likeness (QED) is 0.806. The van der Waals surface area contributed by atoms with Gasteiger partial charge in [0.25, 0.3) is 0 Å². The first-order chi connectivity index (χ1) is 10.2. The molecule has 1 aliphatic rings. The maximum Gasteiger partial charge on any atom is 0.119 e. The summed E-state index contributed by atoms with van der Waals surface area (Å²) in [6.45, 7) is 2.11. The van der Waals surface area contributed by atoms with E-state index in [0.29, 0.717) is 6.10 Å². The number of benzene rings is 2. The zero-order valence-corrected chi connectivity index (χ0v) is 13.1. The van der Waals surface area contributed by atoms with Gasteiger partial charge in [-0.1, -0.05) is 29.8 Å². The molecule has 0 aromatic heterocycles. The second-order valence-corrected chi connectivity index (χ2v) is 6.71. The predicted molar refractivity (Wildman–Crippen MR) is 88.9 cm³/mol. The lowest BCUT2D eigenvalue weighted by molar-refractivity contribution is 0.303. The Balaban J connectivity index is 1.55. The highest BCUT2D eigenvalue weighted by molar-refractivity contribution is 7.99. The minimum Gasteiger partial charge on any atom is -0.490 e. The highest BCUT2D eigenvalue weighted by Gasteiger charge is 2.23. The maximum atomic E-state index is 6.28. The van der Waals surface area contributed by atoms with Gasteiger partial charge in [0.1, 0.15) is 5.75 Å². The summed E-state index contributed by atoms with van der Waals surface area (Å²) in [5, 5.41) is 0. The Hall–Kier alpha value is -1.45. The summed E-state index contributed by atoms with van der Waals surface area (Å²) in [4.78, 5) is 1.28. The monoisotopic (exact) mass is 299 g/mol. The van der Waals surface area contributed by atoms with Crippen molar-refractivity contribution < 1.29 is 4.74 Å². The van der Waals surface area contributed by atoms with E-state index >= 15 is 0 Å². The molecule has 21 heavy (non-hydrogen) atoms. The van der Waals surface area contributed by atoms with Crippen molar-refractivity contribution in [2.45, 2.75) is 36.8 Å². The van der Waals surface area contributed by atoms with E-state index in [2.05, 4.69) is 43.3 Å². The number of thioether (sulfide) groups is 1. The van der Waals surface area contributed by atoms with Gasteiger partial charge in [-0.3, -0.25) is 0 Å². The fraction of sp³-hybridized carbons (Fsp3) is 0.333. The molecule has 0 radical (unpaired) electrons. The lowest BCUT2D eigenvalue weighted by Gasteiger charge is -2.13.